The van der Waals surface area contributed by atoms with Gasteiger partial charge in [-0.25, -0.2) is 0 Å². The van der Waals surface area contributed by atoms with Crippen LogP contribution in [0, 0.1) is 17.8 Å². The summed E-state index contributed by atoms with van der Waals surface area (Å²) in [5.74, 6) is 1.60. The second-order valence-electron chi connectivity index (χ2n) is 7.44. The molecule has 3 heterocycles. The van der Waals surface area contributed by atoms with E-state index in [0.717, 1.165) is 23.8 Å². The van der Waals surface area contributed by atoms with Crippen molar-refractivity contribution in [2.75, 3.05) is 13.1 Å². The van der Waals surface area contributed by atoms with E-state index < -0.39 is 5.97 Å². The highest BCUT2D eigenvalue weighted by Gasteiger charge is 2.42. The molecule has 1 saturated carbocycles. The average molecular weight is 343 g/mol. The van der Waals surface area contributed by atoms with Crippen LogP contribution < -0.4 is 0 Å². The number of aromatic amines is 1. The summed E-state index contributed by atoms with van der Waals surface area (Å²) in [5, 5.41) is 16.5. The first-order valence-corrected chi connectivity index (χ1v) is 9.24. The minimum absolute atomic E-state index is 0.245. The number of H-pyrrole nitrogens is 1. The van der Waals surface area contributed by atoms with Crippen molar-refractivity contribution in [3.8, 4) is 11.5 Å². The zero-order valence-electron chi connectivity index (χ0n) is 14.4. The van der Waals surface area contributed by atoms with Crippen molar-refractivity contribution < 1.29 is 14.3 Å². The normalized spacial score (nSPS) is 25.4. The number of hydrogen-bond acceptors (Lipinski definition) is 4. The molecule has 0 unspecified atom stereocenters. The summed E-state index contributed by atoms with van der Waals surface area (Å²) >= 11 is 0. The number of carboxylic acid groups (broad SMARTS) is 1. The van der Waals surface area contributed by atoms with Crippen LogP contribution >= 0.6 is 0 Å². The van der Waals surface area contributed by atoms with Gasteiger partial charge in [0.2, 0.25) is 0 Å². The number of aliphatic carboxylic acids is 1. The topological polar surface area (TPSA) is 82.4 Å². The van der Waals surface area contributed by atoms with E-state index in [0.29, 0.717) is 19.0 Å². The molecule has 2 fully saturated rings. The van der Waals surface area contributed by atoms with Gasteiger partial charge in [-0.05, 0) is 30.0 Å². The van der Waals surface area contributed by atoms with Gasteiger partial charge < -0.3 is 9.52 Å². The van der Waals surface area contributed by atoms with E-state index >= 15 is 0 Å². The van der Waals surface area contributed by atoms with Gasteiger partial charge in [-0.2, -0.15) is 5.10 Å². The first kappa shape index (κ1) is 16.4. The minimum atomic E-state index is -0.643. The van der Waals surface area contributed by atoms with E-state index in [1.807, 2.05) is 18.2 Å². The third-order valence-electron chi connectivity index (χ3n) is 5.82. The second-order valence-corrected chi connectivity index (χ2v) is 7.44. The first-order valence-electron chi connectivity index (χ1n) is 9.24. The maximum atomic E-state index is 11.8. The highest BCUT2D eigenvalue weighted by Crippen LogP contribution is 2.39. The monoisotopic (exact) mass is 343 g/mol. The third kappa shape index (κ3) is 3.49. The number of rotatable bonds is 5. The van der Waals surface area contributed by atoms with Crippen LogP contribution in [-0.2, 0) is 11.3 Å². The average Bonchev–Trinajstić information content (AvgIpc) is 3.36. The maximum Gasteiger partial charge on any atom is 0.308 e. The fourth-order valence-corrected chi connectivity index (χ4v) is 4.56. The highest BCUT2D eigenvalue weighted by molar-refractivity contribution is 5.71. The Morgan fingerprint density at radius 3 is 2.80 bits per heavy atom. The number of nitrogens with one attached hydrogen (secondary N) is 1. The van der Waals surface area contributed by atoms with E-state index in [-0.39, 0.29) is 11.8 Å². The summed E-state index contributed by atoms with van der Waals surface area (Å²) < 4.78 is 5.91. The molecular weight excluding hydrogens is 318 g/mol. The van der Waals surface area contributed by atoms with Crippen molar-refractivity contribution in [3.05, 3.63) is 30.2 Å². The summed E-state index contributed by atoms with van der Waals surface area (Å²) in [5.41, 5.74) is 0.858. The molecule has 2 aromatic heterocycles. The van der Waals surface area contributed by atoms with Crippen molar-refractivity contribution in [3.63, 3.8) is 0 Å². The lowest BCUT2D eigenvalue weighted by molar-refractivity contribution is -0.143. The van der Waals surface area contributed by atoms with Gasteiger partial charge in [0.15, 0.2) is 5.76 Å². The van der Waals surface area contributed by atoms with E-state index in [1.165, 1.54) is 32.1 Å². The number of likely N-dealkylation sites (tertiary alicyclic amines) is 1. The maximum absolute atomic E-state index is 11.8. The molecule has 2 aliphatic rings. The molecule has 0 amide bonds. The zero-order chi connectivity index (χ0) is 17.2. The summed E-state index contributed by atoms with van der Waals surface area (Å²) in [6.45, 7) is 2.15. The minimum Gasteiger partial charge on any atom is -0.481 e. The van der Waals surface area contributed by atoms with E-state index in [4.69, 9.17) is 4.42 Å². The fraction of sp³-hybridized carbons (Fsp3) is 0.579. The van der Waals surface area contributed by atoms with Crippen LogP contribution in [0.5, 0.6) is 0 Å². The van der Waals surface area contributed by atoms with Crippen LogP contribution in [0.4, 0.5) is 0 Å². The van der Waals surface area contributed by atoms with Crippen molar-refractivity contribution in [1.82, 2.24) is 15.1 Å². The van der Waals surface area contributed by atoms with E-state index in [9.17, 15) is 9.90 Å². The summed E-state index contributed by atoms with van der Waals surface area (Å²) in [7, 11) is 0. The smallest absolute Gasteiger partial charge is 0.308 e. The molecule has 2 N–H and O–H groups in total. The SMILES string of the molecule is O=C(O)[C@@H]1CN(Cc2ccc(-c3ccn[nH]3)o2)C[C@H]1C1CCCCC1. The van der Waals surface area contributed by atoms with Gasteiger partial charge in [-0.3, -0.25) is 14.8 Å². The molecule has 0 aromatic carbocycles. The first-order chi connectivity index (χ1) is 12.2. The fourth-order valence-electron chi connectivity index (χ4n) is 4.56. The number of aromatic nitrogens is 2. The molecule has 1 aliphatic carbocycles. The molecule has 2 aromatic rings. The molecule has 6 nitrogen and oxygen atoms in total. The van der Waals surface area contributed by atoms with Crippen LogP contribution in [0.3, 0.4) is 0 Å². The van der Waals surface area contributed by atoms with Crippen molar-refractivity contribution in [2.45, 2.75) is 38.6 Å². The van der Waals surface area contributed by atoms with E-state index in [2.05, 4.69) is 15.1 Å². The Balaban J connectivity index is 1.43. The highest BCUT2D eigenvalue weighted by atomic mass is 16.4. The van der Waals surface area contributed by atoms with Gasteiger partial charge in [-0.15, -0.1) is 0 Å². The molecule has 1 aliphatic heterocycles. The zero-order valence-corrected chi connectivity index (χ0v) is 14.4. The van der Waals surface area contributed by atoms with Crippen molar-refractivity contribution >= 4 is 5.97 Å². The molecule has 6 heteroatoms. The molecule has 2 atom stereocenters. The Kier molecular flexibility index (Phi) is 4.61. The molecule has 25 heavy (non-hydrogen) atoms. The standard InChI is InChI=1S/C19H25N3O3/c23-19(24)16-12-22(11-15(16)13-4-2-1-3-5-13)10-14-6-7-18(25-14)17-8-9-20-21-17/h6-9,13,15-16H,1-5,10-12H2,(H,20,21)(H,23,24)/t15-,16+/m0/s1. The van der Waals surface area contributed by atoms with Crippen LogP contribution in [0.25, 0.3) is 11.5 Å². The number of hydrogen-bond donors (Lipinski definition) is 2. The van der Waals surface area contributed by atoms with Gasteiger partial charge in [0, 0.05) is 19.3 Å². The summed E-state index contributed by atoms with van der Waals surface area (Å²) in [6, 6.07) is 5.78. The number of nitrogens with zero attached hydrogens (tertiary/aromatic N) is 2. The summed E-state index contributed by atoms with van der Waals surface area (Å²) in [4.78, 5) is 14.0. The van der Waals surface area contributed by atoms with Gasteiger partial charge in [0.1, 0.15) is 11.5 Å². The van der Waals surface area contributed by atoms with Gasteiger partial charge in [0.25, 0.3) is 0 Å². The number of furan rings is 1. The summed E-state index contributed by atoms with van der Waals surface area (Å²) in [6.07, 6.45) is 7.87. The molecule has 0 spiro atoms. The van der Waals surface area contributed by atoms with E-state index in [1.54, 1.807) is 6.20 Å². The van der Waals surface area contributed by atoms with Gasteiger partial charge in [0.05, 0.1) is 12.5 Å². The Morgan fingerprint density at radius 2 is 2.08 bits per heavy atom. The van der Waals surface area contributed by atoms with Gasteiger partial charge >= 0.3 is 5.97 Å². The predicted octanol–water partition coefficient (Wildman–Crippen LogP) is 3.38. The third-order valence-corrected chi connectivity index (χ3v) is 5.82. The quantitative estimate of drug-likeness (QED) is 0.869. The molecular formula is C19H25N3O3. The second kappa shape index (κ2) is 7.04. The largest absolute Gasteiger partial charge is 0.481 e. The van der Waals surface area contributed by atoms with Crippen molar-refractivity contribution in [2.24, 2.45) is 17.8 Å². The molecule has 134 valence electrons. The van der Waals surface area contributed by atoms with Gasteiger partial charge in [-0.1, -0.05) is 32.1 Å². The Labute approximate surface area is 147 Å². The number of carboxylic acids is 1. The lowest BCUT2D eigenvalue weighted by Gasteiger charge is -2.29. The van der Waals surface area contributed by atoms with Crippen LogP contribution in [-0.4, -0.2) is 39.3 Å². The predicted molar refractivity (Wildman–Crippen MR) is 92.8 cm³/mol. The molecule has 1 saturated heterocycles. The van der Waals surface area contributed by atoms with Crippen LogP contribution in [0.2, 0.25) is 0 Å². The molecule has 0 radical (unpaired) electrons. The lowest BCUT2D eigenvalue weighted by Crippen LogP contribution is -2.29. The molecule has 4 rings (SSSR count). The Hall–Kier alpha value is -2.08. The van der Waals surface area contributed by atoms with Crippen LogP contribution in [0.15, 0.2) is 28.8 Å². The Bertz CT molecular complexity index is 703. The number of carbonyl (C=O) groups is 1. The Morgan fingerprint density at radius 1 is 1.24 bits per heavy atom. The van der Waals surface area contributed by atoms with Crippen LogP contribution in [0.1, 0.15) is 37.9 Å². The lowest BCUT2D eigenvalue weighted by atomic mass is 9.75. The molecule has 0 bridgehead atoms. The van der Waals surface area contributed by atoms with Crippen molar-refractivity contribution in [1.29, 1.82) is 0 Å².